The van der Waals surface area contributed by atoms with Crippen molar-refractivity contribution < 1.29 is 4.74 Å². The van der Waals surface area contributed by atoms with Crippen LogP contribution in [0, 0.1) is 0 Å². The molecule has 0 fully saturated rings. The molecule has 0 aromatic heterocycles. The third kappa shape index (κ3) is 3.64. The van der Waals surface area contributed by atoms with Crippen LogP contribution in [0.5, 0.6) is 5.75 Å². The average Bonchev–Trinajstić information content (AvgIpc) is 2.28. The van der Waals surface area contributed by atoms with Crippen LogP contribution >= 0.6 is 11.6 Å². The summed E-state index contributed by atoms with van der Waals surface area (Å²) >= 11 is 5.55. The summed E-state index contributed by atoms with van der Waals surface area (Å²) in [6.07, 6.45) is 1.67. The lowest BCUT2D eigenvalue weighted by Crippen LogP contribution is -2.12. The van der Waals surface area contributed by atoms with E-state index in [4.69, 9.17) is 22.1 Å². The Labute approximate surface area is 94.2 Å². The summed E-state index contributed by atoms with van der Waals surface area (Å²) in [6, 6.07) is 7.37. The van der Waals surface area contributed by atoms with Gasteiger partial charge in [0.05, 0.1) is 5.88 Å². The van der Waals surface area contributed by atoms with Gasteiger partial charge in [-0.2, -0.15) is 0 Å². The second-order valence-corrected chi connectivity index (χ2v) is 3.07. The lowest BCUT2D eigenvalue weighted by molar-refractivity contribution is 0.364. The van der Waals surface area contributed by atoms with E-state index >= 15 is 0 Å². The number of nitrogens with two attached hydrogens (primary N) is 1. The Bertz CT molecular complexity index is 363. The van der Waals surface area contributed by atoms with E-state index in [1.807, 2.05) is 24.3 Å². The van der Waals surface area contributed by atoms with Crippen LogP contribution in [0.25, 0.3) is 0 Å². The van der Waals surface area contributed by atoms with E-state index in [2.05, 4.69) is 11.6 Å². The zero-order valence-corrected chi connectivity index (χ0v) is 9.07. The Morgan fingerprint density at radius 2 is 2.27 bits per heavy atom. The van der Waals surface area contributed by atoms with Crippen molar-refractivity contribution in [1.82, 2.24) is 0 Å². The third-order valence-electron chi connectivity index (χ3n) is 1.62. The molecule has 0 amide bonds. The lowest BCUT2D eigenvalue weighted by Gasteiger charge is -2.06. The fraction of sp³-hybridized carbons (Fsp3) is 0.182. The highest BCUT2D eigenvalue weighted by Gasteiger charge is 2.01. The second-order valence-electron chi connectivity index (χ2n) is 2.80. The van der Waals surface area contributed by atoms with Gasteiger partial charge >= 0.3 is 0 Å². The van der Waals surface area contributed by atoms with Gasteiger partial charge in [-0.05, 0) is 12.1 Å². The topological polar surface area (TPSA) is 47.6 Å². The van der Waals surface area contributed by atoms with E-state index < -0.39 is 0 Å². The molecule has 0 heterocycles. The molecule has 3 nitrogen and oxygen atoms in total. The Kier molecular flexibility index (Phi) is 4.71. The molecule has 0 saturated heterocycles. The highest BCUT2D eigenvalue weighted by atomic mass is 35.5. The fourth-order valence-corrected chi connectivity index (χ4v) is 1.06. The van der Waals surface area contributed by atoms with E-state index in [1.54, 1.807) is 6.08 Å². The number of hydrogen-bond donors (Lipinski definition) is 1. The fourth-order valence-electron chi connectivity index (χ4n) is 1.00. The van der Waals surface area contributed by atoms with Gasteiger partial charge in [-0.15, -0.1) is 11.6 Å². The Balaban J connectivity index is 2.90. The minimum atomic E-state index is 0.204. The van der Waals surface area contributed by atoms with E-state index in [0.29, 0.717) is 23.9 Å². The van der Waals surface area contributed by atoms with Crippen molar-refractivity contribution in [2.24, 2.45) is 10.7 Å². The zero-order chi connectivity index (χ0) is 11.1. The first kappa shape index (κ1) is 11.6. The maximum Gasteiger partial charge on any atom is 0.145 e. The van der Waals surface area contributed by atoms with Gasteiger partial charge in [-0.3, -0.25) is 0 Å². The van der Waals surface area contributed by atoms with Crippen molar-refractivity contribution in [2.45, 2.75) is 0 Å². The molecule has 0 unspecified atom stereocenters. The molecule has 0 aliphatic heterocycles. The van der Waals surface area contributed by atoms with Crippen LogP contribution in [0.1, 0.15) is 0 Å². The van der Waals surface area contributed by atoms with Gasteiger partial charge in [0.25, 0.3) is 0 Å². The maximum atomic E-state index is 5.55. The molecule has 0 saturated carbocycles. The van der Waals surface area contributed by atoms with Gasteiger partial charge in [-0.1, -0.05) is 24.8 Å². The molecule has 1 aromatic rings. The van der Waals surface area contributed by atoms with Crippen molar-refractivity contribution in [3.63, 3.8) is 0 Å². The van der Waals surface area contributed by atoms with Crippen LogP contribution in [0.4, 0.5) is 5.69 Å². The molecule has 1 aromatic carbocycles. The average molecular weight is 225 g/mol. The van der Waals surface area contributed by atoms with Crippen molar-refractivity contribution >= 4 is 23.1 Å². The molecule has 0 aliphatic rings. The number of benzene rings is 1. The van der Waals surface area contributed by atoms with Gasteiger partial charge < -0.3 is 10.5 Å². The number of rotatable bonds is 5. The van der Waals surface area contributed by atoms with Gasteiger partial charge in [0.2, 0.25) is 0 Å². The summed E-state index contributed by atoms with van der Waals surface area (Å²) < 4.78 is 5.41. The molecular weight excluding hydrogens is 212 g/mol. The highest BCUT2D eigenvalue weighted by Crippen LogP contribution is 2.26. The number of halogens is 1. The van der Waals surface area contributed by atoms with Crippen molar-refractivity contribution in [1.29, 1.82) is 0 Å². The number of nitrogens with zero attached hydrogens (tertiary/aromatic N) is 1. The normalized spacial score (nSPS) is 11.1. The largest absolute Gasteiger partial charge is 0.487 e. The van der Waals surface area contributed by atoms with Crippen LogP contribution in [0.3, 0.4) is 0 Å². The van der Waals surface area contributed by atoms with Crippen LogP contribution in [0.2, 0.25) is 0 Å². The van der Waals surface area contributed by atoms with Gasteiger partial charge in [0.15, 0.2) is 0 Å². The summed E-state index contributed by atoms with van der Waals surface area (Å²) in [5, 5.41) is 0. The number of amidine groups is 1. The van der Waals surface area contributed by atoms with E-state index in [0.717, 1.165) is 0 Å². The second kappa shape index (κ2) is 6.09. The predicted octanol–water partition coefficient (Wildman–Crippen LogP) is 2.48. The number of para-hydroxylation sites is 2. The highest BCUT2D eigenvalue weighted by molar-refractivity contribution is 6.28. The minimum Gasteiger partial charge on any atom is -0.487 e. The smallest absolute Gasteiger partial charge is 0.145 e. The maximum absolute atomic E-state index is 5.55. The number of aliphatic imine (C=N–C) groups is 1. The van der Waals surface area contributed by atoms with Crippen LogP contribution in [-0.2, 0) is 0 Å². The number of alkyl halides is 1. The van der Waals surface area contributed by atoms with E-state index in [-0.39, 0.29) is 5.88 Å². The Morgan fingerprint density at radius 1 is 1.53 bits per heavy atom. The molecule has 0 radical (unpaired) electrons. The molecule has 2 N–H and O–H groups in total. The molecule has 0 aliphatic carbocycles. The zero-order valence-electron chi connectivity index (χ0n) is 8.32. The molecule has 1 rings (SSSR count). The first-order valence-electron chi connectivity index (χ1n) is 4.49. The minimum absolute atomic E-state index is 0.204. The summed E-state index contributed by atoms with van der Waals surface area (Å²) in [7, 11) is 0. The van der Waals surface area contributed by atoms with Gasteiger partial charge in [0, 0.05) is 0 Å². The first-order chi connectivity index (χ1) is 7.27. The standard InChI is InChI=1S/C11H13ClN2O/c1-2-7-15-10-6-4-3-5-9(10)14-11(13)8-12/h2-6H,1,7-8H2,(H2,13,14). The third-order valence-corrected chi connectivity index (χ3v) is 1.90. The predicted molar refractivity (Wildman–Crippen MR) is 64.1 cm³/mol. The summed E-state index contributed by atoms with van der Waals surface area (Å²) in [5.74, 6) is 1.24. The summed E-state index contributed by atoms with van der Waals surface area (Å²) in [6.45, 7) is 4.01. The van der Waals surface area contributed by atoms with Crippen LogP contribution in [0.15, 0.2) is 41.9 Å². The quantitative estimate of drug-likeness (QED) is 0.362. The molecule has 80 valence electrons. The Morgan fingerprint density at radius 3 is 2.93 bits per heavy atom. The molecular formula is C11H13ClN2O. The van der Waals surface area contributed by atoms with Gasteiger partial charge in [0.1, 0.15) is 23.9 Å². The summed E-state index contributed by atoms with van der Waals surface area (Å²) in [5.41, 5.74) is 6.22. The number of hydrogen-bond acceptors (Lipinski definition) is 2. The van der Waals surface area contributed by atoms with Crippen molar-refractivity contribution in [3.8, 4) is 5.75 Å². The number of ether oxygens (including phenoxy) is 1. The van der Waals surface area contributed by atoms with Gasteiger partial charge in [-0.25, -0.2) is 4.99 Å². The Hall–Kier alpha value is -1.48. The summed E-state index contributed by atoms with van der Waals surface area (Å²) in [4.78, 5) is 4.13. The first-order valence-corrected chi connectivity index (χ1v) is 5.03. The van der Waals surface area contributed by atoms with Crippen LogP contribution in [-0.4, -0.2) is 18.3 Å². The molecule has 0 atom stereocenters. The van der Waals surface area contributed by atoms with E-state index in [1.165, 1.54) is 0 Å². The molecule has 4 heteroatoms. The monoisotopic (exact) mass is 224 g/mol. The molecule has 0 bridgehead atoms. The van der Waals surface area contributed by atoms with Crippen molar-refractivity contribution in [2.75, 3.05) is 12.5 Å². The molecule has 0 spiro atoms. The molecule has 15 heavy (non-hydrogen) atoms. The SMILES string of the molecule is C=CCOc1ccccc1N=C(N)CCl. The lowest BCUT2D eigenvalue weighted by atomic mass is 10.3. The van der Waals surface area contributed by atoms with Crippen molar-refractivity contribution in [3.05, 3.63) is 36.9 Å². The van der Waals surface area contributed by atoms with Crippen LogP contribution < -0.4 is 10.5 Å². The van der Waals surface area contributed by atoms with E-state index in [9.17, 15) is 0 Å².